The number of rotatable bonds is 6. The van der Waals surface area contributed by atoms with Gasteiger partial charge in [-0.1, -0.05) is 0 Å². The standard InChI is InChI=1S/C23H31N5O2/c1-26-11-9-17(10-12-26)27(2)15-20-23(25-22-8-5-16(24)14-28(20)22)19-13-18(29-3)6-7-21(19)30-4/h5-8,13-14,17H,9-12,15,24H2,1-4H3. The second-order valence-electron chi connectivity index (χ2n) is 8.11. The number of hydrogen-bond donors (Lipinski definition) is 1. The van der Waals surface area contributed by atoms with Crippen LogP contribution >= 0.6 is 0 Å². The van der Waals surface area contributed by atoms with E-state index in [4.69, 9.17) is 20.2 Å². The molecule has 160 valence electrons. The van der Waals surface area contributed by atoms with E-state index < -0.39 is 0 Å². The van der Waals surface area contributed by atoms with Crippen molar-refractivity contribution < 1.29 is 9.47 Å². The molecule has 30 heavy (non-hydrogen) atoms. The molecular formula is C23H31N5O2. The van der Waals surface area contributed by atoms with Gasteiger partial charge in [-0.15, -0.1) is 0 Å². The number of hydrogen-bond acceptors (Lipinski definition) is 6. The molecule has 0 saturated carbocycles. The summed E-state index contributed by atoms with van der Waals surface area (Å²) in [5.41, 5.74) is 10.6. The summed E-state index contributed by atoms with van der Waals surface area (Å²) in [6, 6.07) is 10.2. The van der Waals surface area contributed by atoms with Gasteiger partial charge in [-0.3, -0.25) is 4.90 Å². The third-order valence-electron chi connectivity index (χ3n) is 6.11. The molecule has 1 aliphatic rings. The Labute approximate surface area is 178 Å². The van der Waals surface area contributed by atoms with Crippen molar-refractivity contribution in [1.82, 2.24) is 19.2 Å². The second-order valence-corrected chi connectivity index (χ2v) is 8.11. The summed E-state index contributed by atoms with van der Waals surface area (Å²) in [6.45, 7) is 3.03. The summed E-state index contributed by atoms with van der Waals surface area (Å²) in [5.74, 6) is 1.55. The summed E-state index contributed by atoms with van der Waals surface area (Å²) < 4.78 is 13.2. The van der Waals surface area contributed by atoms with Crippen LogP contribution < -0.4 is 15.2 Å². The molecule has 1 aromatic carbocycles. The highest BCUT2D eigenvalue weighted by atomic mass is 16.5. The molecule has 0 aliphatic carbocycles. The molecule has 7 heteroatoms. The van der Waals surface area contributed by atoms with Crippen molar-refractivity contribution in [3.8, 4) is 22.8 Å². The van der Waals surface area contributed by atoms with Crippen LogP contribution in [0.2, 0.25) is 0 Å². The molecule has 2 aromatic heterocycles. The fraction of sp³-hybridized carbons (Fsp3) is 0.435. The number of benzene rings is 1. The minimum atomic E-state index is 0.549. The number of nitrogens with zero attached hydrogens (tertiary/aromatic N) is 4. The van der Waals surface area contributed by atoms with Crippen LogP contribution in [0, 0.1) is 0 Å². The summed E-state index contributed by atoms with van der Waals surface area (Å²) in [4.78, 5) is 9.79. The molecule has 7 nitrogen and oxygen atoms in total. The topological polar surface area (TPSA) is 68.3 Å². The maximum absolute atomic E-state index is 6.12. The molecule has 0 radical (unpaired) electrons. The molecule has 0 amide bonds. The Morgan fingerprint density at radius 2 is 1.90 bits per heavy atom. The summed E-state index contributed by atoms with van der Waals surface area (Å²) >= 11 is 0. The first-order valence-corrected chi connectivity index (χ1v) is 10.4. The Kier molecular flexibility index (Phi) is 5.83. The normalized spacial score (nSPS) is 15.8. The van der Waals surface area contributed by atoms with Gasteiger partial charge in [0.1, 0.15) is 17.1 Å². The fourth-order valence-corrected chi connectivity index (χ4v) is 4.28. The van der Waals surface area contributed by atoms with Crippen LogP contribution in [0.25, 0.3) is 16.9 Å². The highest BCUT2D eigenvalue weighted by Crippen LogP contribution is 2.36. The van der Waals surface area contributed by atoms with Crippen LogP contribution in [0.4, 0.5) is 5.69 Å². The number of nitrogen functional groups attached to an aromatic ring is 1. The lowest BCUT2D eigenvalue weighted by Gasteiger charge is -2.35. The first-order valence-electron chi connectivity index (χ1n) is 10.4. The van der Waals surface area contributed by atoms with Crippen molar-refractivity contribution in [2.45, 2.75) is 25.4 Å². The summed E-state index contributed by atoms with van der Waals surface area (Å²) in [6.07, 6.45) is 4.30. The lowest BCUT2D eigenvalue weighted by Crippen LogP contribution is -2.41. The van der Waals surface area contributed by atoms with Gasteiger partial charge in [0.15, 0.2) is 0 Å². The molecule has 0 spiro atoms. The lowest BCUT2D eigenvalue weighted by molar-refractivity contribution is 0.138. The summed E-state index contributed by atoms with van der Waals surface area (Å²) in [5, 5.41) is 0. The molecule has 0 unspecified atom stereocenters. The fourth-order valence-electron chi connectivity index (χ4n) is 4.28. The molecule has 1 saturated heterocycles. The third-order valence-corrected chi connectivity index (χ3v) is 6.11. The number of aromatic nitrogens is 2. The van der Waals surface area contributed by atoms with Crippen molar-refractivity contribution in [2.75, 3.05) is 47.1 Å². The number of imidazole rings is 1. The number of piperidine rings is 1. The van der Waals surface area contributed by atoms with Gasteiger partial charge in [0.25, 0.3) is 0 Å². The number of likely N-dealkylation sites (tertiary alicyclic amines) is 1. The van der Waals surface area contributed by atoms with Gasteiger partial charge in [-0.05, 0) is 70.4 Å². The van der Waals surface area contributed by atoms with Crippen molar-refractivity contribution in [2.24, 2.45) is 0 Å². The smallest absolute Gasteiger partial charge is 0.137 e. The van der Waals surface area contributed by atoms with Gasteiger partial charge >= 0.3 is 0 Å². The van der Waals surface area contributed by atoms with Gasteiger partial charge in [0.2, 0.25) is 0 Å². The number of nitrogens with two attached hydrogens (primary N) is 1. The minimum Gasteiger partial charge on any atom is -0.497 e. The number of methoxy groups -OCH3 is 2. The van der Waals surface area contributed by atoms with E-state index in [1.165, 1.54) is 12.8 Å². The first-order chi connectivity index (χ1) is 14.5. The molecule has 3 aromatic rings. The molecule has 3 heterocycles. The number of pyridine rings is 1. The molecule has 1 fully saturated rings. The van der Waals surface area contributed by atoms with Crippen LogP contribution in [-0.4, -0.2) is 66.6 Å². The zero-order valence-corrected chi connectivity index (χ0v) is 18.3. The zero-order chi connectivity index (χ0) is 21.3. The van der Waals surface area contributed by atoms with E-state index in [0.717, 1.165) is 53.7 Å². The average molecular weight is 410 g/mol. The second kappa shape index (κ2) is 8.53. The predicted octanol–water partition coefficient (Wildman–Crippen LogP) is 3.13. The minimum absolute atomic E-state index is 0.549. The Bertz CT molecular complexity index is 1020. The van der Waals surface area contributed by atoms with Crippen molar-refractivity contribution in [1.29, 1.82) is 0 Å². The Balaban J connectivity index is 1.79. The highest BCUT2D eigenvalue weighted by molar-refractivity contribution is 5.74. The van der Waals surface area contributed by atoms with Crippen LogP contribution in [0.3, 0.4) is 0 Å². The van der Waals surface area contributed by atoms with Crippen LogP contribution in [0.15, 0.2) is 36.5 Å². The van der Waals surface area contributed by atoms with Crippen molar-refractivity contribution >= 4 is 11.3 Å². The van der Waals surface area contributed by atoms with E-state index in [9.17, 15) is 0 Å². The number of anilines is 1. The average Bonchev–Trinajstić information content (AvgIpc) is 3.11. The quantitative estimate of drug-likeness (QED) is 0.675. The molecule has 0 atom stereocenters. The number of fused-ring (bicyclic) bond motifs is 1. The summed E-state index contributed by atoms with van der Waals surface area (Å²) in [7, 11) is 7.75. The van der Waals surface area contributed by atoms with E-state index in [2.05, 4.69) is 28.3 Å². The van der Waals surface area contributed by atoms with E-state index in [1.54, 1.807) is 14.2 Å². The van der Waals surface area contributed by atoms with Gasteiger partial charge < -0.3 is 24.5 Å². The van der Waals surface area contributed by atoms with Crippen LogP contribution in [0.5, 0.6) is 11.5 Å². The Morgan fingerprint density at radius 1 is 1.13 bits per heavy atom. The largest absolute Gasteiger partial charge is 0.497 e. The maximum atomic E-state index is 6.12. The molecule has 0 bridgehead atoms. The van der Waals surface area contributed by atoms with E-state index >= 15 is 0 Å². The monoisotopic (exact) mass is 409 g/mol. The van der Waals surface area contributed by atoms with E-state index in [1.807, 2.05) is 36.5 Å². The van der Waals surface area contributed by atoms with Gasteiger partial charge in [-0.25, -0.2) is 4.98 Å². The lowest BCUT2D eigenvalue weighted by atomic mass is 10.0. The SMILES string of the molecule is COc1ccc(OC)c(-c2nc3ccc(N)cn3c2CN(C)C2CCN(C)CC2)c1. The van der Waals surface area contributed by atoms with Crippen molar-refractivity contribution in [3.63, 3.8) is 0 Å². The molecular weight excluding hydrogens is 378 g/mol. The third kappa shape index (κ3) is 3.95. The van der Waals surface area contributed by atoms with Crippen molar-refractivity contribution in [3.05, 3.63) is 42.2 Å². The zero-order valence-electron chi connectivity index (χ0n) is 18.3. The predicted molar refractivity (Wildman–Crippen MR) is 120 cm³/mol. The first kappa shape index (κ1) is 20.5. The maximum Gasteiger partial charge on any atom is 0.137 e. The van der Waals surface area contributed by atoms with Gasteiger partial charge in [0, 0.05) is 30.0 Å². The van der Waals surface area contributed by atoms with Crippen LogP contribution in [0.1, 0.15) is 18.5 Å². The molecule has 4 rings (SSSR count). The van der Waals surface area contributed by atoms with Gasteiger partial charge in [-0.2, -0.15) is 0 Å². The number of ether oxygens (including phenoxy) is 2. The van der Waals surface area contributed by atoms with Gasteiger partial charge in [0.05, 0.1) is 25.6 Å². The van der Waals surface area contributed by atoms with E-state index in [-0.39, 0.29) is 0 Å². The molecule has 2 N–H and O–H groups in total. The van der Waals surface area contributed by atoms with Crippen LogP contribution in [-0.2, 0) is 6.54 Å². The molecule has 1 aliphatic heterocycles. The van der Waals surface area contributed by atoms with E-state index in [0.29, 0.717) is 11.7 Å². The Hall–Kier alpha value is -2.77. The Morgan fingerprint density at radius 3 is 2.60 bits per heavy atom. The highest BCUT2D eigenvalue weighted by Gasteiger charge is 2.24.